The molecule has 25 heavy (non-hydrogen) atoms. The maximum atomic E-state index is 9.49. The molecule has 1 aliphatic heterocycles. The first-order valence-corrected chi connectivity index (χ1v) is 8.45. The number of aliphatic hydroxyl groups is 1. The Morgan fingerprint density at radius 3 is 2.28 bits per heavy atom. The smallest absolute Gasteiger partial charge is 0.161 e. The van der Waals surface area contributed by atoms with E-state index in [1.165, 1.54) is 16.7 Å². The van der Waals surface area contributed by atoms with Crippen LogP contribution in [-0.4, -0.2) is 51.0 Å². The lowest BCUT2D eigenvalue weighted by atomic mass is 9.87. The predicted octanol–water partition coefficient (Wildman–Crippen LogP) is 2.65. The average molecular weight is 343 g/mol. The first-order chi connectivity index (χ1) is 12.2. The SMILES string of the molecule is COc1ccc(C2c3cc(OC)c(OC)cc3CCN2CCO)cc1. The van der Waals surface area contributed by atoms with E-state index in [0.717, 1.165) is 30.2 Å². The van der Waals surface area contributed by atoms with Crippen molar-refractivity contribution in [2.24, 2.45) is 0 Å². The molecule has 1 atom stereocenters. The van der Waals surface area contributed by atoms with Gasteiger partial charge >= 0.3 is 0 Å². The number of fused-ring (bicyclic) bond motifs is 1. The Balaban J connectivity index is 2.08. The molecule has 0 spiro atoms. The first kappa shape index (κ1) is 17.6. The van der Waals surface area contributed by atoms with Crippen molar-refractivity contribution in [3.8, 4) is 17.2 Å². The van der Waals surface area contributed by atoms with Gasteiger partial charge in [-0.25, -0.2) is 0 Å². The zero-order valence-corrected chi connectivity index (χ0v) is 15.0. The predicted molar refractivity (Wildman–Crippen MR) is 96.7 cm³/mol. The number of ether oxygens (including phenoxy) is 3. The van der Waals surface area contributed by atoms with E-state index in [4.69, 9.17) is 14.2 Å². The largest absolute Gasteiger partial charge is 0.497 e. The normalized spacial score (nSPS) is 17.0. The monoisotopic (exact) mass is 343 g/mol. The van der Waals surface area contributed by atoms with Crippen molar-refractivity contribution >= 4 is 0 Å². The summed E-state index contributed by atoms with van der Waals surface area (Å²) < 4.78 is 16.2. The van der Waals surface area contributed by atoms with Crippen molar-refractivity contribution in [3.05, 3.63) is 53.1 Å². The summed E-state index contributed by atoms with van der Waals surface area (Å²) in [5.41, 5.74) is 3.62. The quantitative estimate of drug-likeness (QED) is 0.874. The van der Waals surface area contributed by atoms with Gasteiger partial charge in [-0.1, -0.05) is 12.1 Å². The Morgan fingerprint density at radius 2 is 1.68 bits per heavy atom. The molecule has 0 saturated heterocycles. The minimum absolute atomic E-state index is 0.0709. The molecule has 2 aromatic carbocycles. The number of methoxy groups -OCH3 is 3. The summed E-state index contributed by atoms with van der Waals surface area (Å²) in [7, 11) is 4.98. The van der Waals surface area contributed by atoms with Crippen LogP contribution in [0.2, 0.25) is 0 Å². The highest BCUT2D eigenvalue weighted by molar-refractivity contribution is 5.52. The van der Waals surface area contributed by atoms with Gasteiger partial charge in [0.15, 0.2) is 11.5 Å². The summed E-state index contributed by atoms with van der Waals surface area (Å²) in [5, 5.41) is 9.49. The third-order valence-corrected chi connectivity index (χ3v) is 4.79. The van der Waals surface area contributed by atoms with Crippen LogP contribution in [0.25, 0.3) is 0 Å². The summed E-state index contributed by atoms with van der Waals surface area (Å²) in [6.07, 6.45) is 0.919. The number of benzene rings is 2. The van der Waals surface area contributed by atoms with Crippen LogP contribution < -0.4 is 14.2 Å². The third kappa shape index (κ3) is 3.43. The van der Waals surface area contributed by atoms with Gasteiger partial charge in [-0.05, 0) is 47.4 Å². The molecule has 134 valence electrons. The van der Waals surface area contributed by atoms with Gasteiger partial charge in [0.05, 0.1) is 34.0 Å². The third-order valence-electron chi connectivity index (χ3n) is 4.79. The van der Waals surface area contributed by atoms with Crippen molar-refractivity contribution in [2.75, 3.05) is 41.0 Å². The average Bonchev–Trinajstić information content (AvgIpc) is 2.67. The molecule has 1 N–H and O–H groups in total. The second-order valence-electron chi connectivity index (χ2n) is 6.09. The van der Waals surface area contributed by atoms with Crippen molar-refractivity contribution < 1.29 is 19.3 Å². The molecule has 2 aromatic rings. The molecule has 0 saturated carbocycles. The van der Waals surface area contributed by atoms with Crippen LogP contribution in [-0.2, 0) is 6.42 Å². The highest BCUT2D eigenvalue weighted by Crippen LogP contribution is 2.41. The molecule has 5 nitrogen and oxygen atoms in total. The fraction of sp³-hybridized carbons (Fsp3) is 0.400. The molecule has 0 radical (unpaired) electrons. The molecule has 0 fully saturated rings. The second kappa shape index (κ2) is 7.76. The Hall–Kier alpha value is -2.24. The maximum Gasteiger partial charge on any atom is 0.161 e. The van der Waals surface area contributed by atoms with Gasteiger partial charge in [-0.2, -0.15) is 0 Å². The molecular formula is C20H25NO4. The molecule has 0 aromatic heterocycles. The van der Waals surface area contributed by atoms with E-state index < -0.39 is 0 Å². The van der Waals surface area contributed by atoms with E-state index in [9.17, 15) is 5.11 Å². The van der Waals surface area contributed by atoms with Crippen LogP contribution in [0.4, 0.5) is 0 Å². The van der Waals surface area contributed by atoms with Gasteiger partial charge in [-0.15, -0.1) is 0 Å². The number of nitrogens with zero attached hydrogens (tertiary/aromatic N) is 1. The minimum Gasteiger partial charge on any atom is -0.497 e. The maximum absolute atomic E-state index is 9.49. The highest BCUT2D eigenvalue weighted by Gasteiger charge is 2.30. The number of β-amino-alcohol motifs (C(OH)–C–C–N with tert-alkyl or cyclic N) is 1. The van der Waals surface area contributed by atoms with Crippen molar-refractivity contribution in [2.45, 2.75) is 12.5 Å². The number of hydrogen-bond acceptors (Lipinski definition) is 5. The van der Waals surface area contributed by atoms with Crippen LogP contribution in [0.3, 0.4) is 0 Å². The summed E-state index contributed by atoms with van der Waals surface area (Å²) in [6.45, 7) is 1.65. The molecule has 0 aliphatic carbocycles. The van der Waals surface area contributed by atoms with E-state index in [0.29, 0.717) is 6.54 Å². The van der Waals surface area contributed by atoms with E-state index in [1.54, 1.807) is 21.3 Å². The van der Waals surface area contributed by atoms with Crippen molar-refractivity contribution in [3.63, 3.8) is 0 Å². The highest BCUT2D eigenvalue weighted by atomic mass is 16.5. The standard InChI is InChI=1S/C20H25NO4/c1-23-16-6-4-14(5-7-16)20-17-13-19(25-3)18(24-2)12-15(17)8-9-21(20)10-11-22/h4-7,12-13,20,22H,8-11H2,1-3H3. The number of hydrogen-bond donors (Lipinski definition) is 1. The lowest BCUT2D eigenvalue weighted by Gasteiger charge is -2.37. The van der Waals surface area contributed by atoms with Gasteiger partial charge in [0.25, 0.3) is 0 Å². The number of rotatable bonds is 6. The molecule has 1 heterocycles. The fourth-order valence-corrected chi connectivity index (χ4v) is 3.54. The summed E-state index contributed by atoms with van der Waals surface area (Å²) in [4.78, 5) is 2.30. The Labute approximate surface area is 148 Å². The van der Waals surface area contributed by atoms with E-state index >= 15 is 0 Å². The number of aliphatic hydroxyl groups excluding tert-OH is 1. The molecule has 0 bridgehead atoms. The Kier molecular flexibility index (Phi) is 5.46. The molecule has 0 amide bonds. The second-order valence-corrected chi connectivity index (χ2v) is 6.09. The lowest BCUT2D eigenvalue weighted by Crippen LogP contribution is -2.38. The van der Waals surface area contributed by atoms with Gasteiger partial charge in [0.2, 0.25) is 0 Å². The Morgan fingerprint density at radius 1 is 1.00 bits per heavy atom. The van der Waals surface area contributed by atoms with Crippen LogP contribution >= 0.6 is 0 Å². The van der Waals surface area contributed by atoms with Gasteiger partial charge in [0, 0.05) is 13.1 Å². The van der Waals surface area contributed by atoms with Crippen LogP contribution in [0.5, 0.6) is 17.2 Å². The van der Waals surface area contributed by atoms with E-state index in [1.807, 2.05) is 12.1 Å². The van der Waals surface area contributed by atoms with Crippen molar-refractivity contribution in [1.29, 1.82) is 0 Å². The van der Waals surface area contributed by atoms with E-state index in [2.05, 4.69) is 29.2 Å². The molecule has 1 aliphatic rings. The van der Waals surface area contributed by atoms with Gasteiger partial charge in [0.1, 0.15) is 5.75 Å². The molecular weight excluding hydrogens is 318 g/mol. The molecule has 1 unspecified atom stereocenters. The van der Waals surface area contributed by atoms with Gasteiger partial charge < -0.3 is 19.3 Å². The van der Waals surface area contributed by atoms with Gasteiger partial charge in [-0.3, -0.25) is 4.90 Å². The molecule has 3 rings (SSSR count). The van der Waals surface area contributed by atoms with E-state index in [-0.39, 0.29) is 12.6 Å². The zero-order chi connectivity index (χ0) is 17.8. The topological polar surface area (TPSA) is 51.2 Å². The zero-order valence-electron chi connectivity index (χ0n) is 15.0. The minimum atomic E-state index is 0.0709. The summed E-state index contributed by atoms with van der Waals surface area (Å²) in [5.74, 6) is 2.32. The van der Waals surface area contributed by atoms with Crippen LogP contribution in [0, 0.1) is 0 Å². The molecule has 5 heteroatoms. The lowest BCUT2D eigenvalue weighted by molar-refractivity contribution is 0.160. The van der Waals surface area contributed by atoms with Crippen LogP contribution in [0.15, 0.2) is 36.4 Å². The first-order valence-electron chi connectivity index (χ1n) is 8.45. The van der Waals surface area contributed by atoms with Crippen molar-refractivity contribution in [1.82, 2.24) is 4.90 Å². The summed E-state index contributed by atoms with van der Waals surface area (Å²) >= 11 is 0. The van der Waals surface area contributed by atoms with Crippen LogP contribution in [0.1, 0.15) is 22.7 Å². The Bertz CT molecular complexity index is 714. The fourth-order valence-electron chi connectivity index (χ4n) is 3.54. The summed E-state index contributed by atoms with van der Waals surface area (Å²) in [6, 6.07) is 12.3.